The van der Waals surface area contributed by atoms with Crippen LogP contribution in [0.1, 0.15) is 174 Å². The third-order valence-electron chi connectivity index (χ3n) is 7.41. The minimum absolute atomic E-state index is 0.583. The number of aliphatic hydroxyl groups is 1. The zero-order valence-electron chi connectivity index (χ0n) is 23.8. The number of rotatable bonds is 28. The molecule has 2 atom stereocenters. The van der Waals surface area contributed by atoms with Crippen molar-refractivity contribution < 1.29 is 15.0 Å². The highest BCUT2D eigenvalue weighted by Gasteiger charge is 2.25. The predicted octanol–water partition coefficient (Wildman–Crippen LogP) is 10.4. The SMILES string of the molecule is CCCCCC/C=C\CCCCCCC[C@@H](O)[C@@H](CCCCCCCCCCCCCC)C(=O)O. The topological polar surface area (TPSA) is 57.5 Å². The summed E-state index contributed by atoms with van der Waals surface area (Å²) in [5.41, 5.74) is 0. The lowest BCUT2D eigenvalue weighted by Gasteiger charge is -2.19. The molecule has 0 saturated heterocycles. The number of hydrogen-bond donors (Lipinski definition) is 2. The van der Waals surface area contributed by atoms with Crippen LogP contribution in [-0.2, 0) is 4.79 Å². The lowest BCUT2D eigenvalue weighted by atomic mass is 9.91. The number of allylic oxidation sites excluding steroid dienone is 2. The Morgan fingerprint density at radius 1 is 0.543 bits per heavy atom. The van der Waals surface area contributed by atoms with Gasteiger partial charge in [0.25, 0.3) is 0 Å². The van der Waals surface area contributed by atoms with E-state index in [1.54, 1.807) is 0 Å². The fraction of sp³-hybridized carbons (Fsp3) is 0.906. The monoisotopic (exact) mass is 494 g/mol. The molecule has 0 aromatic rings. The molecule has 0 aromatic carbocycles. The highest BCUT2D eigenvalue weighted by atomic mass is 16.4. The van der Waals surface area contributed by atoms with Crippen LogP contribution in [0.3, 0.4) is 0 Å². The molecule has 0 aliphatic heterocycles. The van der Waals surface area contributed by atoms with Crippen LogP contribution >= 0.6 is 0 Å². The minimum atomic E-state index is -0.818. The molecular formula is C32H62O3. The number of aliphatic hydroxyl groups excluding tert-OH is 1. The van der Waals surface area contributed by atoms with Gasteiger partial charge in [0.05, 0.1) is 12.0 Å². The van der Waals surface area contributed by atoms with Gasteiger partial charge in [-0.05, 0) is 38.5 Å². The molecular weight excluding hydrogens is 432 g/mol. The molecule has 0 unspecified atom stereocenters. The minimum Gasteiger partial charge on any atom is -0.481 e. The summed E-state index contributed by atoms with van der Waals surface area (Å²) < 4.78 is 0. The second-order valence-electron chi connectivity index (χ2n) is 10.9. The molecule has 3 heteroatoms. The van der Waals surface area contributed by atoms with E-state index in [1.165, 1.54) is 122 Å². The number of hydrogen-bond acceptors (Lipinski definition) is 2. The highest BCUT2D eigenvalue weighted by Crippen LogP contribution is 2.21. The number of unbranched alkanes of at least 4 members (excludes halogenated alkanes) is 20. The van der Waals surface area contributed by atoms with Crippen molar-refractivity contribution in [2.24, 2.45) is 5.92 Å². The Morgan fingerprint density at radius 3 is 1.31 bits per heavy atom. The van der Waals surface area contributed by atoms with Gasteiger partial charge in [-0.1, -0.05) is 148 Å². The standard InChI is InChI=1S/C32H62O3/c1-3-5-7-9-11-13-15-17-19-21-23-25-27-29-31(33)30(32(34)35)28-26-24-22-20-18-16-14-12-10-8-6-4-2/h13,15,30-31,33H,3-12,14,16-29H2,1-2H3,(H,34,35)/b15-13-/t30-,31-/m1/s1. The van der Waals surface area contributed by atoms with Gasteiger partial charge in [-0.15, -0.1) is 0 Å². The molecule has 0 spiro atoms. The Morgan fingerprint density at radius 2 is 0.886 bits per heavy atom. The molecule has 0 rings (SSSR count). The number of carboxylic acid groups (broad SMARTS) is 1. The van der Waals surface area contributed by atoms with E-state index in [0.29, 0.717) is 12.8 Å². The van der Waals surface area contributed by atoms with Crippen LogP contribution in [0.15, 0.2) is 12.2 Å². The molecule has 0 amide bonds. The van der Waals surface area contributed by atoms with Crippen molar-refractivity contribution in [3.05, 3.63) is 12.2 Å². The van der Waals surface area contributed by atoms with Crippen LogP contribution in [0.4, 0.5) is 0 Å². The molecule has 0 fully saturated rings. The quantitative estimate of drug-likeness (QED) is 0.0839. The first-order valence-corrected chi connectivity index (χ1v) is 15.7. The summed E-state index contributed by atoms with van der Waals surface area (Å²) in [4.78, 5) is 11.6. The van der Waals surface area contributed by atoms with Gasteiger partial charge in [0.2, 0.25) is 0 Å². The Labute approximate surface area is 219 Å². The van der Waals surface area contributed by atoms with Gasteiger partial charge in [0.15, 0.2) is 0 Å². The van der Waals surface area contributed by atoms with Gasteiger partial charge in [0.1, 0.15) is 0 Å². The van der Waals surface area contributed by atoms with Crippen molar-refractivity contribution in [3.63, 3.8) is 0 Å². The molecule has 0 aliphatic rings. The molecule has 0 saturated carbocycles. The Hall–Kier alpha value is -0.830. The molecule has 0 heterocycles. The maximum atomic E-state index is 11.6. The lowest BCUT2D eigenvalue weighted by molar-refractivity contribution is -0.146. The number of carboxylic acids is 1. The zero-order valence-corrected chi connectivity index (χ0v) is 23.8. The summed E-state index contributed by atoms with van der Waals surface area (Å²) in [5.74, 6) is -1.40. The molecule has 0 aliphatic carbocycles. The van der Waals surface area contributed by atoms with Gasteiger partial charge in [0, 0.05) is 0 Å². The molecule has 208 valence electrons. The summed E-state index contributed by atoms with van der Waals surface area (Å²) >= 11 is 0. The van der Waals surface area contributed by atoms with Gasteiger partial charge >= 0.3 is 5.97 Å². The van der Waals surface area contributed by atoms with E-state index in [-0.39, 0.29) is 0 Å². The summed E-state index contributed by atoms with van der Waals surface area (Å²) in [5, 5.41) is 20.0. The van der Waals surface area contributed by atoms with Crippen LogP contribution < -0.4 is 0 Å². The first-order chi connectivity index (χ1) is 17.1. The second kappa shape index (κ2) is 27.8. The third kappa shape index (κ3) is 24.6. The first kappa shape index (κ1) is 34.2. The van der Waals surface area contributed by atoms with Gasteiger partial charge in [-0.2, -0.15) is 0 Å². The molecule has 0 aromatic heterocycles. The van der Waals surface area contributed by atoms with E-state index in [2.05, 4.69) is 26.0 Å². The van der Waals surface area contributed by atoms with Crippen LogP contribution in [-0.4, -0.2) is 22.3 Å². The molecule has 0 bridgehead atoms. The summed E-state index contributed by atoms with van der Waals surface area (Å²) in [6.45, 7) is 4.51. The van der Waals surface area contributed by atoms with E-state index in [4.69, 9.17) is 0 Å². The normalized spacial score (nSPS) is 13.5. The van der Waals surface area contributed by atoms with Crippen LogP contribution in [0.25, 0.3) is 0 Å². The van der Waals surface area contributed by atoms with E-state index < -0.39 is 18.0 Å². The van der Waals surface area contributed by atoms with E-state index in [0.717, 1.165) is 25.7 Å². The number of carbonyl (C=O) groups is 1. The fourth-order valence-electron chi connectivity index (χ4n) is 4.96. The molecule has 2 N–H and O–H groups in total. The summed E-state index contributed by atoms with van der Waals surface area (Å²) in [6, 6.07) is 0. The highest BCUT2D eigenvalue weighted by molar-refractivity contribution is 5.70. The average molecular weight is 495 g/mol. The van der Waals surface area contributed by atoms with Crippen molar-refractivity contribution >= 4 is 5.97 Å². The summed E-state index contributed by atoms with van der Waals surface area (Å²) in [7, 11) is 0. The van der Waals surface area contributed by atoms with Crippen LogP contribution in [0.2, 0.25) is 0 Å². The van der Waals surface area contributed by atoms with Gasteiger partial charge in [-0.25, -0.2) is 0 Å². The van der Waals surface area contributed by atoms with Crippen molar-refractivity contribution in [2.45, 2.75) is 180 Å². The van der Waals surface area contributed by atoms with Crippen molar-refractivity contribution in [1.29, 1.82) is 0 Å². The van der Waals surface area contributed by atoms with E-state index >= 15 is 0 Å². The Balaban J connectivity index is 3.62. The largest absolute Gasteiger partial charge is 0.481 e. The Kier molecular flexibility index (Phi) is 27.1. The number of aliphatic carboxylic acids is 1. The van der Waals surface area contributed by atoms with Crippen molar-refractivity contribution in [3.8, 4) is 0 Å². The van der Waals surface area contributed by atoms with Gasteiger partial charge < -0.3 is 10.2 Å². The van der Waals surface area contributed by atoms with Crippen LogP contribution in [0.5, 0.6) is 0 Å². The van der Waals surface area contributed by atoms with E-state index in [9.17, 15) is 15.0 Å². The maximum absolute atomic E-state index is 11.6. The first-order valence-electron chi connectivity index (χ1n) is 15.7. The van der Waals surface area contributed by atoms with Crippen molar-refractivity contribution in [1.82, 2.24) is 0 Å². The fourth-order valence-corrected chi connectivity index (χ4v) is 4.96. The maximum Gasteiger partial charge on any atom is 0.309 e. The van der Waals surface area contributed by atoms with Gasteiger partial charge in [-0.3, -0.25) is 4.79 Å². The van der Waals surface area contributed by atoms with E-state index in [1.807, 2.05) is 0 Å². The zero-order chi connectivity index (χ0) is 25.8. The molecule has 0 radical (unpaired) electrons. The third-order valence-corrected chi connectivity index (χ3v) is 7.41. The average Bonchev–Trinajstić information content (AvgIpc) is 2.84. The Bertz CT molecular complexity index is 460. The second-order valence-corrected chi connectivity index (χ2v) is 10.9. The smallest absolute Gasteiger partial charge is 0.309 e. The molecule has 3 nitrogen and oxygen atoms in total. The lowest BCUT2D eigenvalue weighted by Crippen LogP contribution is -2.28. The summed E-state index contributed by atoms with van der Waals surface area (Å²) in [6.07, 6.45) is 34.1. The molecule has 35 heavy (non-hydrogen) atoms. The predicted molar refractivity (Wildman–Crippen MR) is 153 cm³/mol. The van der Waals surface area contributed by atoms with Crippen LogP contribution in [0, 0.1) is 5.92 Å². The van der Waals surface area contributed by atoms with Crippen molar-refractivity contribution in [2.75, 3.05) is 0 Å².